The number of pyridine rings is 1. The van der Waals surface area contributed by atoms with Gasteiger partial charge in [-0.05, 0) is 24.3 Å². The van der Waals surface area contributed by atoms with E-state index in [1.165, 1.54) is 6.07 Å². The summed E-state index contributed by atoms with van der Waals surface area (Å²) in [5.41, 5.74) is 0.348. The van der Waals surface area contributed by atoms with Crippen LogP contribution >= 0.6 is 0 Å². The van der Waals surface area contributed by atoms with Crippen molar-refractivity contribution in [1.29, 1.82) is 0 Å². The quantitative estimate of drug-likeness (QED) is 0.692. The third kappa shape index (κ3) is 2.94. The number of benzene rings is 1. The van der Waals surface area contributed by atoms with Gasteiger partial charge in [0, 0.05) is 6.20 Å². The van der Waals surface area contributed by atoms with E-state index in [1.807, 2.05) is 0 Å². The predicted octanol–water partition coefficient (Wildman–Crippen LogP) is 2.43. The Kier molecular flexibility index (Phi) is 3.20. The highest BCUT2D eigenvalue weighted by atomic mass is 16.3. The summed E-state index contributed by atoms with van der Waals surface area (Å²) in [5, 5.41) is 14.5. The molecular formula is C12H11N3O2. The summed E-state index contributed by atoms with van der Waals surface area (Å²) < 4.78 is 0. The number of para-hydroxylation sites is 2. The topological polar surface area (TPSA) is 74.2 Å². The van der Waals surface area contributed by atoms with Crippen molar-refractivity contribution < 1.29 is 9.90 Å². The van der Waals surface area contributed by atoms with E-state index in [0.29, 0.717) is 11.5 Å². The van der Waals surface area contributed by atoms with Crippen LogP contribution in [-0.4, -0.2) is 16.1 Å². The molecule has 0 saturated heterocycles. The van der Waals surface area contributed by atoms with Crippen LogP contribution < -0.4 is 10.6 Å². The van der Waals surface area contributed by atoms with Gasteiger partial charge in [0.25, 0.3) is 0 Å². The number of rotatable bonds is 2. The van der Waals surface area contributed by atoms with Crippen LogP contribution in [0.3, 0.4) is 0 Å². The van der Waals surface area contributed by atoms with Gasteiger partial charge in [0.1, 0.15) is 11.6 Å². The molecule has 0 aliphatic heterocycles. The smallest absolute Gasteiger partial charge is 0.324 e. The zero-order valence-electron chi connectivity index (χ0n) is 8.92. The zero-order chi connectivity index (χ0) is 12.1. The molecule has 0 radical (unpaired) electrons. The normalized spacial score (nSPS) is 9.65. The van der Waals surface area contributed by atoms with Crippen molar-refractivity contribution in [3.05, 3.63) is 48.7 Å². The van der Waals surface area contributed by atoms with Crippen LogP contribution in [0.2, 0.25) is 0 Å². The summed E-state index contributed by atoms with van der Waals surface area (Å²) in [5.74, 6) is 0.462. The van der Waals surface area contributed by atoms with Gasteiger partial charge in [-0.2, -0.15) is 0 Å². The molecule has 0 saturated carbocycles. The molecule has 1 heterocycles. The first-order chi connectivity index (χ1) is 8.25. The number of nitrogens with one attached hydrogen (secondary N) is 2. The van der Waals surface area contributed by atoms with E-state index in [9.17, 15) is 9.90 Å². The first-order valence-corrected chi connectivity index (χ1v) is 5.03. The van der Waals surface area contributed by atoms with Crippen molar-refractivity contribution >= 4 is 17.5 Å². The van der Waals surface area contributed by atoms with Crippen LogP contribution in [0.25, 0.3) is 0 Å². The van der Waals surface area contributed by atoms with E-state index >= 15 is 0 Å². The van der Waals surface area contributed by atoms with Gasteiger partial charge in [0.15, 0.2) is 0 Å². The van der Waals surface area contributed by atoms with Crippen molar-refractivity contribution in [3.8, 4) is 5.75 Å². The summed E-state index contributed by atoms with van der Waals surface area (Å²) >= 11 is 0. The van der Waals surface area contributed by atoms with Crippen LogP contribution in [0.4, 0.5) is 16.3 Å². The van der Waals surface area contributed by atoms with Crippen molar-refractivity contribution in [2.75, 3.05) is 10.6 Å². The molecule has 86 valence electrons. The second-order valence-electron chi connectivity index (χ2n) is 3.31. The lowest BCUT2D eigenvalue weighted by Gasteiger charge is -2.07. The Morgan fingerprint density at radius 1 is 1.06 bits per heavy atom. The molecule has 1 aromatic heterocycles. The molecule has 1 aromatic carbocycles. The maximum absolute atomic E-state index is 11.6. The second-order valence-corrected chi connectivity index (χ2v) is 3.31. The van der Waals surface area contributed by atoms with Crippen molar-refractivity contribution in [1.82, 2.24) is 4.98 Å². The highest BCUT2D eigenvalue weighted by Gasteiger charge is 2.05. The van der Waals surface area contributed by atoms with Crippen LogP contribution in [0.1, 0.15) is 0 Å². The fourth-order valence-electron chi connectivity index (χ4n) is 1.29. The SMILES string of the molecule is O=C(Nc1ccccn1)Nc1ccccc1O. The number of phenolic OH excluding ortho intramolecular Hbond substituents is 1. The lowest BCUT2D eigenvalue weighted by atomic mass is 10.3. The van der Waals surface area contributed by atoms with E-state index in [-0.39, 0.29) is 5.75 Å². The van der Waals surface area contributed by atoms with Crippen LogP contribution in [0, 0.1) is 0 Å². The maximum atomic E-state index is 11.6. The van der Waals surface area contributed by atoms with Crippen molar-refractivity contribution in [3.63, 3.8) is 0 Å². The van der Waals surface area contributed by atoms with Crippen LogP contribution in [0.5, 0.6) is 5.75 Å². The van der Waals surface area contributed by atoms with Gasteiger partial charge in [0.05, 0.1) is 5.69 Å². The number of hydrogen-bond donors (Lipinski definition) is 3. The number of phenols is 1. The van der Waals surface area contributed by atoms with E-state index < -0.39 is 6.03 Å². The fraction of sp³-hybridized carbons (Fsp3) is 0. The van der Waals surface area contributed by atoms with Crippen LogP contribution in [-0.2, 0) is 0 Å². The molecule has 0 bridgehead atoms. The number of carbonyl (C=O) groups is 1. The Hall–Kier alpha value is -2.56. The highest BCUT2D eigenvalue weighted by Crippen LogP contribution is 2.21. The van der Waals surface area contributed by atoms with Gasteiger partial charge in [-0.15, -0.1) is 0 Å². The number of hydrogen-bond acceptors (Lipinski definition) is 3. The summed E-state index contributed by atoms with van der Waals surface area (Å²) in [7, 11) is 0. The van der Waals surface area contributed by atoms with E-state index in [2.05, 4.69) is 15.6 Å². The van der Waals surface area contributed by atoms with Crippen molar-refractivity contribution in [2.24, 2.45) is 0 Å². The van der Waals surface area contributed by atoms with Gasteiger partial charge in [-0.25, -0.2) is 9.78 Å². The molecule has 2 rings (SSSR count). The Bertz CT molecular complexity index is 514. The summed E-state index contributed by atoms with van der Waals surface area (Å²) in [6.45, 7) is 0. The number of anilines is 2. The standard InChI is InChI=1S/C12H11N3O2/c16-10-6-2-1-5-9(10)14-12(17)15-11-7-3-4-8-13-11/h1-8,16H,(H2,13,14,15,17). The Morgan fingerprint density at radius 2 is 1.82 bits per heavy atom. The third-order valence-corrected chi connectivity index (χ3v) is 2.06. The van der Waals surface area contributed by atoms with Gasteiger partial charge >= 0.3 is 6.03 Å². The Morgan fingerprint density at radius 3 is 2.53 bits per heavy atom. The third-order valence-electron chi connectivity index (χ3n) is 2.06. The molecule has 5 heteroatoms. The number of urea groups is 1. The number of carbonyl (C=O) groups excluding carboxylic acids is 1. The predicted molar refractivity (Wildman–Crippen MR) is 65.0 cm³/mol. The molecule has 5 nitrogen and oxygen atoms in total. The molecule has 0 aliphatic rings. The first kappa shape index (κ1) is 10.9. The van der Waals surface area contributed by atoms with E-state index in [4.69, 9.17) is 0 Å². The number of aromatic nitrogens is 1. The van der Waals surface area contributed by atoms with Gasteiger partial charge in [0.2, 0.25) is 0 Å². The second kappa shape index (κ2) is 4.98. The molecule has 0 aliphatic carbocycles. The maximum Gasteiger partial charge on any atom is 0.324 e. The van der Waals surface area contributed by atoms with Gasteiger partial charge < -0.3 is 10.4 Å². The minimum Gasteiger partial charge on any atom is -0.506 e. The lowest BCUT2D eigenvalue weighted by molar-refractivity contribution is 0.262. The average molecular weight is 229 g/mol. The summed E-state index contributed by atoms with van der Waals surface area (Å²) in [4.78, 5) is 15.5. The minimum absolute atomic E-state index is 0.0173. The summed E-state index contributed by atoms with van der Waals surface area (Å²) in [6, 6.07) is 11.2. The monoisotopic (exact) mass is 229 g/mol. The Labute approximate surface area is 98.1 Å². The fourth-order valence-corrected chi connectivity index (χ4v) is 1.29. The molecule has 0 fully saturated rings. The van der Waals surface area contributed by atoms with Gasteiger partial charge in [-0.3, -0.25) is 5.32 Å². The molecule has 3 N–H and O–H groups in total. The van der Waals surface area contributed by atoms with Crippen LogP contribution in [0.15, 0.2) is 48.7 Å². The zero-order valence-corrected chi connectivity index (χ0v) is 8.92. The molecule has 0 spiro atoms. The number of nitrogens with zero attached hydrogens (tertiary/aromatic N) is 1. The largest absolute Gasteiger partial charge is 0.506 e. The van der Waals surface area contributed by atoms with Crippen molar-refractivity contribution in [2.45, 2.75) is 0 Å². The Balaban J connectivity index is 2.01. The lowest BCUT2D eigenvalue weighted by Crippen LogP contribution is -2.19. The highest BCUT2D eigenvalue weighted by molar-refractivity contribution is 5.99. The molecule has 2 amide bonds. The van der Waals surface area contributed by atoms with Gasteiger partial charge in [-0.1, -0.05) is 18.2 Å². The van der Waals surface area contributed by atoms with E-state index in [1.54, 1.807) is 42.6 Å². The average Bonchev–Trinajstić information content (AvgIpc) is 2.33. The molecule has 17 heavy (non-hydrogen) atoms. The first-order valence-electron chi connectivity index (χ1n) is 5.03. The summed E-state index contributed by atoms with van der Waals surface area (Å²) in [6.07, 6.45) is 1.58. The molecule has 0 unspecified atom stereocenters. The molecule has 2 aromatic rings. The molecule has 0 atom stereocenters. The van der Waals surface area contributed by atoms with E-state index in [0.717, 1.165) is 0 Å². The number of amides is 2. The number of aromatic hydroxyl groups is 1. The minimum atomic E-state index is -0.454. The molecular weight excluding hydrogens is 218 g/mol.